The Labute approximate surface area is 165 Å². The summed E-state index contributed by atoms with van der Waals surface area (Å²) in [6.45, 7) is 4.24. The number of benzene rings is 4. The zero-order chi connectivity index (χ0) is 19.1. The molecule has 5 rings (SSSR count). The highest BCUT2D eigenvalue weighted by atomic mass is 14.7. The number of aryl methyl sites for hydroxylation is 2. The van der Waals surface area contributed by atoms with Crippen molar-refractivity contribution in [3.63, 3.8) is 0 Å². The molecule has 0 aliphatic rings. The molecule has 0 amide bonds. The van der Waals surface area contributed by atoms with Crippen LogP contribution in [0, 0.1) is 13.8 Å². The Kier molecular flexibility index (Phi) is 3.95. The number of fused-ring (bicyclic) bond motifs is 2. The van der Waals surface area contributed by atoms with Crippen LogP contribution in [0.2, 0.25) is 0 Å². The molecule has 0 radical (unpaired) electrons. The fraction of sp³-hybridized carbons (Fsp3) is 0.0741. The van der Waals surface area contributed by atoms with Crippen LogP contribution in [-0.4, -0.2) is 4.98 Å². The largest absolute Gasteiger partial charge is 0.253 e. The van der Waals surface area contributed by atoms with Crippen molar-refractivity contribution in [1.82, 2.24) is 4.98 Å². The van der Waals surface area contributed by atoms with Gasteiger partial charge in [-0.05, 0) is 70.3 Å². The van der Waals surface area contributed by atoms with E-state index in [-0.39, 0.29) is 0 Å². The van der Waals surface area contributed by atoms with Crippen molar-refractivity contribution in [2.75, 3.05) is 0 Å². The van der Waals surface area contributed by atoms with Gasteiger partial charge in [0.25, 0.3) is 0 Å². The van der Waals surface area contributed by atoms with E-state index in [1.165, 1.54) is 43.8 Å². The van der Waals surface area contributed by atoms with Crippen molar-refractivity contribution in [3.8, 4) is 22.4 Å². The maximum atomic E-state index is 4.86. The second-order valence-corrected chi connectivity index (χ2v) is 7.42. The Morgan fingerprint density at radius 2 is 1.36 bits per heavy atom. The highest BCUT2D eigenvalue weighted by Gasteiger charge is 2.09. The van der Waals surface area contributed by atoms with Gasteiger partial charge in [0.2, 0.25) is 0 Å². The summed E-state index contributed by atoms with van der Waals surface area (Å²) < 4.78 is 0. The van der Waals surface area contributed by atoms with Crippen LogP contribution in [0.1, 0.15) is 11.3 Å². The molecule has 0 atom stereocenters. The van der Waals surface area contributed by atoms with Gasteiger partial charge in [0.1, 0.15) is 0 Å². The van der Waals surface area contributed by atoms with Crippen LogP contribution in [0.25, 0.3) is 43.9 Å². The second-order valence-electron chi connectivity index (χ2n) is 7.42. The van der Waals surface area contributed by atoms with E-state index in [2.05, 4.69) is 105 Å². The highest BCUT2D eigenvalue weighted by Crippen LogP contribution is 2.32. The minimum atomic E-state index is 1.02. The molecule has 28 heavy (non-hydrogen) atoms. The molecule has 0 aliphatic heterocycles. The summed E-state index contributed by atoms with van der Waals surface area (Å²) in [5.41, 5.74) is 6.98. The Bertz CT molecular complexity index is 1330. The number of pyridine rings is 1. The third kappa shape index (κ3) is 2.86. The monoisotopic (exact) mass is 359 g/mol. The van der Waals surface area contributed by atoms with Crippen molar-refractivity contribution in [3.05, 3.63) is 102 Å². The van der Waals surface area contributed by atoms with Gasteiger partial charge in [0, 0.05) is 11.3 Å². The van der Waals surface area contributed by atoms with Crippen LogP contribution in [0.15, 0.2) is 91.0 Å². The number of hydrogen-bond donors (Lipinski definition) is 0. The number of nitrogens with zero attached hydrogens (tertiary/aromatic N) is 1. The maximum absolute atomic E-state index is 4.86. The molecule has 1 nitrogen and oxygen atoms in total. The molecule has 1 heterocycles. The first-order valence-corrected chi connectivity index (χ1v) is 9.66. The van der Waals surface area contributed by atoms with E-state index in [0.717, 1.165) is 11.4 Å². The fourth-order valence-electron chi connectivity index (χ4n) is 4.05. The van der Waals surface area contributed by atoms with E-state index < -0.39 is 0 Å². The van der Waals surface area contributed by atoms with Crippen LogP contribution < -0.4 is 0 Å². The molecule has 1 aromatic heterocycles. The SMILES string of the molecule is Cc1cc(-c2ccc3c(C)cccc3c2)cc(-c2cccc3ccccc23)n1. The van der Waals surface area contributed by atoms with Crippen molar-refractivity contribution < 1.29 is 0 Å². The second kappa shape index (κ2) is 6.61. The summed E-state index contributed by atoms with van der Waals surface area (Å²) in [5, 5.41) is 5.07. The quantitative estimate of drug-likeness (QED) is 0.321. The minimum absolute atomic E-state index is 1.02. The third-order valence-corrected chi connectivity index (χ3v) is 5.45. The first-order valence-electron chi connectivity index (χ1n) is 9.66. The van der Waals surface area contributed by atoms with E-state index in [9.17, 15) is 0 Å². The number of hydrogen-bond acceptors (Lipinski definition) is 1. The molecule has 0 N–H and O–H groups in total. The lowest BCUT2D eigenvalue weighted by Gasteiger charge is -2.11. The van der Waals surface area contributed by atoms with Gasteiger partial charge < -0.3 is 0 Å². The Morgan fingerprint density at radius 1 is 0.571 bits per heavy atom. The molecule has 0 aliphatic carbocycles. The topological polar surface area (TPSA) is 12.9 Å². The zero-order valence-corrected chi connectivity index (χ0v) is 16.1. The van der Waals surface area contributed by atoms with Gasteiger partial charge in [0.05, 0.1) is 5.69 Å². The van der Waals surface area contributed by atoms with Crippen LogP contribution in [0.4, 0.5) is 0 Å². The lowest BCUT2D eigenvalue weighted by atomic mass is 9.96. The Balaban J connectivity index is 1.70. The molecular weight excluding hydrogens is 338 g/mol. The van der Waals surface area contributed by atoms with E-state index in [1.807, 2.05) is 0 Å². The Morgan fingerprint density at radius 3 is 2.29 bits per heavy atom. The standard InChI is InChI=1S/C27H21N/c1-18-7-5-10-22-16-21(13-14-24(18)22)23-15-19(2)28-27(17-23)26-12-6-9-20-8-3-4-11-25(20)26/h3-17H,1-2H3. The van der Waals surface area contributed by atoms with Gasteiger partial charge in [-0.15, -0.1) is 0 Å². The molecule has 4 aromatic carbocycles. The van der Waals surface area contributed by atoms with E-state index in [1.54, 1.807) is 0 Å². The number of aromatic nitrogens is 1. The zero-order valence-electron chi connectivity index (χ0n) is 16.1. The summed E-state index contributed by atoms with van der Waals surface area (Å²) in [6.07, 6.45) is 0. The van der Waals surface area contributed by atoms with Crippen molar-refractivity contribution in [1.29, 1.82) is 0 Å². The molecule has 0 bridgehead atoms. The molecule has 0 saturated heterocycles. The molecule has 0 spiro atoms. The molecule has 0 fully saturated rings. The molecule has 0 saturated carbocycles. The van der Waals surface area contributed by atoms with Gasteiger partial charge >= 0.3 is 0 Å². The van der Waals surface area contributed by atoms with Gasteiger partial charge in [-0.25, -0.2) is 0 Å². The first-order chi connectivity index (χ1) is 13.7. The lowest BCUT2D eigenvalue weighted by Crippen LogP contribution is -1.91. The van der Waals surface area contributed by atoms with Crippen LogP contribution in [0.3, 0.4) is 0 Å². The van der Waals surface area contributed by atoms with E-state index in [0.29, 0.717) is 0 Å². The molecule has 1 heteroatoms. The van der Waals surface area contributed by atoms with E-state index in [4.69, 9.17) is 4.98 Å². The molecular formula is C27H21N. The predicted molar refractivity (Wildman–Crippen MR) is 120 cm³/mol. The maximum Gasteiger partial charge on any atom is 0.0717 e. The van der Waals surface area contributed by atoms with Crippen LogP contribution >= 0.6 is 0 Å². The first kappa shape index (κ1) is 16.7. The third-order valence-electron chi connectivity index (χ3n) is 5.45. The average Bonchev–Trinajstić information content (AvgIpc) is 2.73. The summed E-state index contributed by atoms with van der Waals surface area (Å²) in [7, 11) is 0. The highest BCUT2D eigenvalue weighted by molar-refractivity contribution is 5.96. The van der Waals surface area contributed by atoms with Gasteiger partial charge in [-0.2, -0.15) is 0 Å². The van der Waals surface area contributed by atoms with Gasteiger partial charge in [-0.3, -0.25) is 4.98 Å². The molecule has 5 aromatic rings. The van der Waals surface area contributed by atoms with Gasteiger partial charge in [0.15, 0.2) is 0 Å². The molecule has 0 unspecified atom stereocenters. The number of rotatable bonds is 2. The molecule has 134 valence electrons. The minimum Gasteiger partial charge on any atom is -0.253 e. The van der Waals surface area contributed by atoms with Crippen molar-refractivity contribution in [2.45, 2.75) is 13.8 Å². The summed E-state index contributed by atoms with van der Waals surface area (Å²) >= 11 is 0. The van der Waals surface area contributed by atoms with Gasteiger partial charge in [-0.1, -0.05) is 72.8 Å². The Hall–Kier alpha value is -3.45. The van der Waals surface area contributed by atoms with E-state index >= 15 is 0 Å². The fourth-order valence-corrected chi connectivity index (χ4v) is 4.05. The summed E-state index contributed by atoms with van der Waals surface area (Å²) in [5.74, 6) is 0. The lowest BCUT2D eigenvalue weighted by molar-refractivity contribution is 1.21. The van der Waals surface area contributed by atoms with Crippen LogP contribution in [0.5, 0.6) is 0 Å². The smallest absolute Gasteiger partial charge is 0.0717 e. The van der Waals surface area contributed by atoms with Crippen LogP contribution in [-0.2, 0) is 0 Å². The summed E-state index contributed by atoms with van der Waals surface area (Å²) in [4.78, 5) is 4.86. The average molecular weight is 359 g/mol. The normalized spacial score (nSPS) is 11.2. The summed E-state index contributed by atoms with van der Waals surface area (Å²) in [6, 6.07) is 32.5. The predicted octanol–water partition coefficient (Wildman–Crippen LogP) is 7.34. The van der Waals surface area contributed by atoms with Crippen molar-refractivity contribution >= 4 is 21.5 Å². The van der Waals surface area contributed by atoms with Crippen molar-refractivity contribution in [2.24, 2.45) is 0 Å².